The van der Waals surface area contributed by atoms with Crippen molar-refractivity contribution in [3.05, 3.63) is 54.0 Å². The third-order valence-corrected chi connectivity index (χ3v) is 3.22. The van der Waals surface area contributed by atoms with Crippen molar-refractivity contribution in [1.29, 1.82) is 0 Å². The second-order valence-electron chi connectivity index (χ2n) is 4.41. The van der Waals surface area contributed by atoms with E-state index in [1.807, 2.05) is 24.3 Å². The first-order valence-corrected chi connectivity index (χ1v) is 7.05. The Balaban J connectivity index is 2.12. The minimum atomic E-state index is 0.0623. The molecule has 0 bridgehead atoms. The van der Waals surface area contributed by atoms with Gasteiger partial charge in [-0.25, -0.2) is 9.97 Å². The number of aromatic nitrogens is 2. The highest BCUT2D eigenvalue weighted by Gasteiger charge is 2.10. The molecule has 0 radical (unpaired) electrons. The lowest BCUT2D eigenvalue weighted by Gasteiger charge is -2.17. The third-order valence-electron chi connectivity index (χ3n) is 2.91. The Morgan fingerprint density at radius 3 is 2.68 bits per heavy atom. The molecule has 1 heterocycles. The highest BCUT2D eigenvalue weighted by molar-refractivity contribution is 6.18. The van der Waals surface area contributed by atoms with E-state index < -0.39 is 0 Å². The van der Waals surface area contributed by atoms with Crippen LogP contribution in [0.1, 0.15) is 30.6 Å². The molecule has 1 atom stereocenters. The van der Waals surface area contributed by atoms with Crippen LogP contribution in [0.5, 0.6) is 0 Å². The Morgan fingerprint density at radius 2 is 2.00 bits per heavy atom. The first-order valence-electron chi connectivity index (χ1n) is 6.52. The number of nitrogens with one attached hydrogen (secondary N) is 1. The fourth-order valence-corrected chi connectivity index (χ4v) is 2.20. The highest BCUT2D eigenvalue weighted by Crippen LogP contribution is 2.19. The van der Waals surface area contributed by atoms with E-state index in [0.717, 1.165) is 29.9 Å². The molecule has 1 N–H and O–H groups in total. The van der Waals surface area contributed by atoms with Crippen molar-refractivity contribution in [3.8, 4) is 0 Å². The minimum Gasteiger partial charge on any atom is -0.362 e. The average Bonchev–Trinajstić information content (AvgIpc) is 2.46. The largest absolute Gasteiger partial charge is 0.362 e. The second kappa shape index (κ2) is 7.10. The molecule has 1 unspecified atom stereocenters. The summed E-state index contributed by atoms with van der Waals surface area (Å²) < 4.78 is 0. The van der Waals surface area contributed by atoms with Gasteiger partial charge in [0.2, 0.25) is 0 Å². The molecule has 1 aromatic heterocycles. The SMILES string of the molecule is CCCc1cc(NC(CCl)c2ccccc2)ncn1. The maximum atomic E-state index is 6.05. The van der Waals surface area contributed by atoms with Gasteiger partial charge < -0.3 is 5.32 Å². The molecular formula is C15H18ClN3. The van der Waals surface area contributed by atoms with Crippen LogP contribution in [-0.4, -0.2) is 15.8 Å². The van der Waals surface area contributed by atoms with Crippen molar-refractivity contribution in [2.24, 2.45) is 0 Å². The summed E-state index contributed by atoms with van der Waals surface area (Å²) in [4.78, 5) is 8.50. The number of halogens is 1. The number of benzene rings is 1. The number of nitrogens with zero attached hydrogens (tertiary/aromatic N) is 2. The molecule has 0 aliphatic carbocycles. The number of hydrogen-bond acceptors (Lipinski definition) is 3. The summed E-state index contributed by atoms with van der Waals surface area (Å²) in [6.45, 7) is 2.14. The molecule has 0 amide bonds. The zero-order chi connectivity index (χ0) is 13.5. The number of anilines is 1. The van der Waals surface area contributed by atoms with Crippen LogP contribution in [0.3, 0.4) is 0 Å². The molecule has 0 saturated heterocycles. The summed E-state index contributed by atoms with van der Waals surface area (Å²) in [5.74, 6) is 1.32. The predicted molar refractivity (Wildman–Crippen MR) is 79.6 cm³/mol. The van der Waals surface area contributed by atoms with Crippen molar-refractivity contribution in [2.75, 3.05) is 11.2 Å². The van der Waals surface area contributed by atoms with Crippen LogP contribution in [0, 0.1) is 0 Å². The van der Waals surface area contributed by atoms with Crippen LogP contribution >= 0.6 is 11.6 Å². The van der Waals surface area contributed by atoms with Gasteiger partial charge >= 0.3 is 0 Å². The van der Waals surface area contributed by atoms with Crippen molar-refractivity contribution >= 4 is 17.4 Å². The zero-order valence-electron chi connectivity index (χ0n) is 11.0. The second-order valence-corrected chi connectivity index (χ2v) is 4.72. The molecule has 0 spiro atoms. The van der Waals surface area contributed by atoms with E-state index >= 15 is 0 Å². The normalized spacial score (nSPS) is 12.1. The molecule has 1 aromatic carbocycles. The number of hydrogen-bond donors (Lipinski definition) is 1. The lowest BCUT2D eigenvalue weighted by Crippen LogP contribution is -2.13. The van der Waals surface area contributed by atoms with E-state index in [9.17, 15) is 0 Å². The van der Waals surface area contributed by atoms with Gasteiger partial charge in [0.05, 0.1) is 6.04 Å². The molecule has 100 valence electrons. The maximum absolute atomic E-state index is 6.05. The van der Waals surface area contributed by atoms with Gasteiger partial charge in [0, 0.05) is 17.6 Å². The molecule has 2 rings (SSSR count). The summed E-state index contributed by atoms with van der Waals surface area (Å²) in [5, 5.41) is 3.36. The van der Waals surface area contributed by atoms with E-state index in [0.29, 0.717) is 5.88 Å². The van der Waals surface area contributed by atoms with Crippen LogP contribution < -0.4 is 5.32 Å². The van der Waals surface area contributed by atoms with Gasteiger partial charge in [-0.3, -0.25) is 0 Å². The Hall–Kier alpha value is -1.61. The van der Waals surface area contributed by atoms with Gasteiger partial charge in [0.1, 0.15) is 12.1 Å². The molecule has 3 nitrogen and oxygen atoms in total. The smallest absolute Gasteiger partial charge is 0.130 e. The monoisotopic (exact) mass is 275 g/mol. The lowest BCUT2D eigenvalue weighted by atomic mass is 10.1. The Morgan fingerprint density at radius 1 is 1.21 bits per heavy atom. The van der Waals surface area contributed by atoms with Gasteiger partial charge in [-0.1, -0.05) is 43.7 Å². The Bertz CT molecular complexity index is 502. The molecule has 0 fully saturated rings. The molecule has 0 aliphatic heterocycles. The van der Waals surface area contributed by atoms with Crippen molar-refractivity contribution in [3.63, 3.8) is 0 Å². The Labute approximate surface area is 119 Å². The van der Waals surface area contributed by atoms with E-state index in [4.69, 9.17) is 11.6 Å². The fourth-order valence-electron chi connectivity index (χ4n) is 1.94. The first-order chi connectivity index (χ1) is 9.33. The van der Waals surface area contributed by atoms with Crippen molar-refractivity contribution in [2.45, 2.75) is 25.8 Å². The topological polar surface area (TPSA) is 37.8 Å². The average molecular weight is 276 g/mol. The number of rotatable bonds is 6. The molecule has 0 aliphatic rings. The predicted octanol–water partition coefficient (Wildman–Crippen LogP) is 3.82. The number of alkyl halides is 1. The van der Waals surface area contributed by atoms with E-state index in [-0.39, 0.29) is 6.04 Å². The molecule has 19 heavy (non-hydrogen) atoms. The van der Waals surface area contributed by atoms with Crippen molar-refractivity contribution in [1.82, 2.24) is 9.97 Å². The third kappa shape index (κ3) is 3.93. The molecule has 2 aromatic rings. The van der Waals surface area contributed by atoms with Gasteiger partial charge in [-0.15, -0.1) is 11.6 Å². The van der Waals surface area contributed by atoms with Gasteiger partial charge in [-0.2, -0.15) is 0 Å². The van der Waals surface area contributed by atoms with Gasteiger partial charge in [-0.05, 0) is 12.0 Å². The number of aryl methyl sites for hydroxylation is 1. The quantitative estimate of drug-likeness (QED) is 0.815. The van der Waals surface area contributed by atoms with E-state index in [1.165, 1.54) is 0 Å². The van der Waals surface area contributed by atoms with Gasteiger partial charge in [0.25, 0.3) is 0 Å². The Kier molecular flexibility index (Phi) is 5.16. The maximum Gasteiger partial charge on any atom is 0.130 e. The van der Waals surface area contributed by atoms with Crippen molar-refractivity contribution < 1.29 is 0 Å². The minimum absolute atomic E-state index is 0.0623. The summed E-state index contributed by atoms with van der Waals surface area (Å²) in [6.07, 6.45) is 3.64. The lowest BCUT2D eigenvalue weighted by molar-refractivity contribution is 0.852. The summed E-state index contributed by atoms with van der Waals surface area (Å²) in [6, 6.07) is 12.2. The molecule has 4 heteroatoms. The van der Waals surface area contributed by atoms with Crippen LogP contribution in [0.2, 0.25) is 0 Å². The summed E-state index contributed by atoms with van der Waals surface area (Å²) >= 11 is 6.05. The first kappa shape index (κ1) is 13.8. The fraction of sp³-hybridized carbons (Fsp3) is 0.333. The van der Waals surface area contributed by atoms with Crippen LogP contribution in [-0.2, 0) is 6.42 Å². The molecular weight excluding hydrogens is 258 g/mol. The van der Waals surface area contributed by atoms with Crippen LogP contribution in [0.15, 0.2) is 42.7 Å². The van der Waals surface area contributed by atoms with E-state index in [1.54, 1.807) is 6.33 Å². The van der Waals surface area contributed by atoms with Crippen LogP contribution in [0.4, 0.5) is 5.82 Å². The van der Waals surface area contributed by atoms with Crippen LogP contribution in [0.25, 0.3) is 0 Å². The molecule has 0 saturated carbocycles. The zero-order valence-corrected chi connectivity index (χ0v) is 11.8. The summed E-state index contributed by atoms with van der Waals surface area (Å²) in [5.41, 5.74) is 2.22. The highest BCUT2D eigenvalue weighted by atomic mass is 35.5. The van der Waals surface area contributed by atoms with Gasteiger partial charge in [0.15, 0.2) is 0 Å². The van der Waals surface area contributed by atoms with E-state index in [2.05, 4.69) is 34.3 Å². The standard InChI is InChI=1S/C15H18ClN3/c1-2-6-13-9-15(18-11-17-13)19-14(10-16)12-7-4-3-5-8-12/h3-5,7-9,11,14H,2,6,10H2,1H3,(H,17,18,19). The summed E-state index contributed by atoms with van der Waals surface area (Å²) in [7, 11) is 0.